The van der Waals surface area contributed by atoms with Crippen molar-refractivity contribution in [2.75, 3.05) is 0 Å². The summed E-state index contributed by atoms with van der Waals surface area (Å²) >= 11 is 0. The number of carbonyl (C=O) groups is 1. The molecule has 1 aromatic heterocycles. The highest BCUT2D eigenvalue weighted by atomic mass is 16.1. The summed E-state index contributed by atoms with van der Waals surface area (Å²) in [6.45, 7) is 6.22. The number of ketones is 1. The van der Waals surface area contributed by atoms with Gasteiger partial charge in [0.2, 0.25) is 0 Å². The van der Waals surface area contributed by atoms with Crippen molar-refractivity contribution >= 4 is 5.78 Å². The Bertz CT molecular complexity index is 577. The maximum absolute atomic E-state index is 12.3. The van der Waals surface area contributed by atoms with E-state index in [1.165, 1.54) is 5.56 Å². The predicted molar refractivity (Wildman–Crippen MR) is 75.3 cm³/mol. The van der Waals surface area contributed by atoms with Crippen molar-refractivity contribution in [2.45, 2.75) is 33.1 Å². The number of benzene rings is 1. The molecule has 98 valence electrons. The van der Waals surface area contributed by atoms with E-state index in [4.69, 9.17) is 0 Å². The van der Waals surface area contributed by atoms with Crippen LogP contribution in [0.3, 0.4) is 0 Å². The maximum Gasteiger partial charge on any atom is 0.169 e. The molecule has 0 bridgehead atoms. The molecule has 2 rings (SSSR count). The number of hydrogen-bond donors (Lipinski definition) is 0. The van der Waals surface area contributed by atoms with E-state index in [2.05, 4.69) is 29.9 Å². The summed E-state index contributed by atoms with van der Waals surface area (Å²) in [5.41, 5.74) is 3.70. The highest BCUT2D eigenvalue weighted by molar-refractivity contribution is 5.98. The second-order valence-electron chi connectivity index (χ2n) is 5.03. The average molecular weight is 254 g/mol. The van der Waals surface area contributed by atoms with Crippen molar-refractivity contribution in [1.29, 1.82) is 0 Å². The van der Waals surface area contributed by atoms with E-state index in [1.807, 2.05) is 19.1 Å². The first kappa shape index (κ1) is 13.4. The standard InChI is InChI=1S/C16H18N2O/c1-11(2)13-5-4-12(3)15(8-13)16(19)9-14-10-17-6-7-18-14/h4-8,10-11H,9H2,1-3H3. The molecule has 0 N–H and O–H groups in total. The second kappa shape index (κ2) is 5.74. The first-order chi connectivity index (χ1) is 9.08. The van der Waals surface area contributed by atoms with Crippen LogP contribution in [0.4, 0.5) is 0 Å². The zero-order valence-corrected chi connectivity index (χ0v) is 11.6. The van der Waals surface area contributed by atoms with Crippen LogP contribution in [0.2, 0.25) is 0 Å². The van der Waals surface area contributed by atoms with Crippen LogP contribution in [0.5, 0.6) is 0 Å². The van der Waals surface area contributed by atoms with Crippen molar-refractivity contribution in [3.05, 3.63) is 59.2 Å². The van der Waals surface area contributed by atoms with Gasteiger partial charge in [0.05, 0.1) is 12.1 Å². The molecule has 0 amide bonds. The van der Waals surface area contributed by atoms with Crippen LogP contribution in [-0.2, 0) is 6.42 Å². The summed E-state index contributed by atoms with van der Waals surface area (Å²) < 4.78 is 0. The third kappa shape index (κ3) is 3.25. The highest BCUT2D eigenvalue weighted by Crippen LogP contribution is 2.19. The minimum Gasteiger partial charge on any atom is -0.294 e. The Hall–Kier alpha value is -2.03. The fourth-order valence-electron chi connectivity index (χ4n) is 1.98. The molecule has 0 saturated carbocycles. The largest absolute Gasteiger partial charge is 0.294 e. The number of hydrogen-bond acceptors (Lipinski definition) is 3. The molecule has 3 heteroatoms. The van der Waals surface area contributed by atoms with Gasteiger partial charge >= 0.3 is 0 Å². The molecule has 1 heterocycles. The van der Waals surface area contributed by atoms with Gasteiger partial charge in [-0.2, -0.15) is 0 Å². The molecule has 0 saturated heterocycles. The minimum absolute atomic E-state index is 0.0977. The van der Waals surface area contributed by atoms with Gasteiger partial charge in [0, 0.05) is 24.2 Å². The van der Waals surface area contributed by atoms with E-state index in [9.17, 15) is 4.79 Å². The average Bonchev–Trinajstić information content (AvgIpc) is 2.40. The number of nitrogens with zero attached hydrogens (tertiary/aromatic N) is 2. The molecule has 0 atom stereocenters. The predicted octanol–water partition coefficient (Wildman–Crippen LogP) is 3.33. The van der Waals surface area contributed by atoms with Crippen molar-refractivity contribution in [3.8, 4) is 0 Å². The number of aromatic nitrogens is 2. The first-order valence-corrected chi connectivity index (χ1v) is 6.46. The van der Waals surface area contributed by atoms with Crippen molar-refractivity contribution in [3.63, 3.8) is 0 Å². The van der Waals surface area contributed by atoms with Gasteiger partial charge in [0.25, 0.3) is 0 Å². The molecule has 19 heavy (non-hydrogen) atoms. The Morgan fingerprint density at radius 2 is 2.05 bits per heavy atom. The first-order valence-electron chi connectivity index (χ1n) is 6.46. The quantitative estimate of drug-likeness (QED) is 0.786. The fraction of sp³-hybridized carbons (Fsp3) is 0.312. The zero-order valence-electron chi connectivity index (χ0n) is 11.6. The fourth-order valence-corrected chi connectivity index (χ4v) is 1.98. The lowest BCUT2D eigenvalue weighted by atomic mass is 9.94. The Morgan fingerprint density at radius 3 is 2.68 bits per heavy atom. The molecule has 0 aliphatic rings. The van der Waals surface area contributed by atoms with E-state index in [0.29, 0.717) is 18.0 Å². The maximum atomic E-state index is 12.3. The topological polar surface area (TPSA) is 42.9 Å². The molecule has 0 radical (unpaired) electrons. The monoisotopic (exact) mass is 254 g/mol. The zero-order chi connectivity index (χ0) is 13.8. The van der Waals surface area contributed by atoms with Crippen LogP contribution >= 0.6 is 0 Å². The van der Waals surface area contributed by atoms with Gasteiger partial charge in [-0.05, 0) is 30.0 Å². The van der Waals surface area contributed by atoms with Crippen LogP contribution in [0, 0.1) is 6.92 Å². The van der Waals surface area contributed by atoms with Crippen molar-refractivity contribution in [1.82, 2.24) is 9.97 Å². The van der Waals surface area contributed by atoms with E-state index >= 15 is 0 Å². The molecule has 3 nitrogen and oxygen atoms in total. The second-order valence-corrected chi connectivity index (χ2v) is 5.03. The molecule has 0 aliphatic heterocycles. The van der Waals surface area contributed by atoms with Crippen LogP contribution in [0.15, 0.2) is 36.8 Å². The van der Waals surface area contributed by atoms with Crippen molar-refractivity contribution in [2.24, 2.45) is 0 Å². The van der Waals surface area contributed by atoms with Gasteiger partial charge in [0.15, 0.2) is 5.78 Å². The summed E-state index contributed by atoms with van der Waals surface area (Å²) in [4.78, 5) is 20.5. The van der Waals surface area contributed by atoms with Crippen LogP contribution in [0.1, 0.15) is 46.9 Å². The lowest BCUT2D eigenvalue weighted by Crippen LogP contribution is -2.08. The van der Waals surface area contributed by atoms with Crippen LogP contribution < -0.4 is 0 Å². The molecular weight excluding hydrogens is 236 g/mol. The third-order valence-electron chi connectivity index (χ3n) is 3.19. The Morgan fingerprint density at radius 1 is 1.26 bits per heavy atom. The van der Waals surface area contributed by atoms with Gasteiger partial charge in [-0.1, -0.05) is 26.0 Å². The summed E-state index contributed by atoms with van der Waals surface area (Å²) in [6, 6.07) is 6.09. The smallest absolute Gasteiger partial charge is 0.169 e. The van der Waals surface area contributed by atoms with Crippen LogP contribution in [0.25, 0.3) is 0 Å². The Balaban J connectivity index is 2.26. The van der Waals surface area contributed by atoms with E-state index in [0.717, 1.165) is 11.1 Å². The SMILES string of the molecule is Cc1ccc(C(C)C)cc1C(=O)Cc1cnccn1. The number of rotatable bonds is 4. The molecule has 1 aromatic carbocycles. The van der Waals surface area contributed by atoms with Gasteiger partial charge in [-0.15, -0.1) is 0 Å². The minimum atomic E-state index is 0.0977. The normalized spacial score (nSPS) is 10.7. The summed E-state index contributed by atoms with van der Waals surface area (Å²) in [5.74, 6) is 0.518. The van der Waals surface area contributed by atoms with E-state index < -0.39 is 0 Å². The van der Waals surface area contributed by atoms with Gasteiger partial charge in [-0.25, -0.2) is 0 Å². The Labute approximate surface area is 113 Å². The number of Topliss-reactive ketones (excluding diaryl/α,β-unsaturated/α-hetero) is 1. The van der Waals surface area contributed by atoms with Gasteiger partial charge in [-0.3, -0.25) is 14.8 Å². The summed E-state index contributed by atoms with van der Waals surface area (Å²) in [7, 11) is 0. The van der Waals surface area contributed by atoms with E-state index in [-0.39, 0.29) is 5.78 Å². The molecular formula is C16H18N2O. The Kier molecular flexibility index (Phi) is 4.05. The van der Waals surface area contributed by atoms with Gasteiger partial charge < -0.3 is 0 Å². The lowest BCUT2D eigenvalue weighted by Gasteiger charge is -2.10. The third-order valence-corrected chi connectivity index (χ3v) is 3.19. The van der Waals surface area contributed by atoms with Crippen molar-refractivity contribution < 1.29 is 4.79 Å². The lowest BCUT2D eigenvalue weighted by molar-refractivity contribution is 0.0991. The molecule has 0 spiro atoms. The molecule has 2 aromatic rings. The van der Waals surface area contributed by atoms with Crippen LogP contribution in [-0.4, -0.2) is 15.8 Å². The molecule has 0 aliphatic carbocycles. The molecule has 0 unspecified atom stereocenters. The number of aryl methyl sites for hydroxylation is 1. The summed E-state index contributed by atoms with van der Waals surface area (Å²) in [5, 5.41) is 0. The number of carbonyl (C=O) groups excluding carboxylic acids is 1. The molecule has 0 fully saturated rings. The van der Waals surface area contributed by atoms with Gasteiger partial charge in [0.1, 0.15) is 0 Å². The summed E-state index contributed by atoms with van der Waals surface area (Å²) in [6.07, 6.45) is 5.16. The highest BCUT2D eigenvalue weighted by Gasteiger charge is 2.12. The van der Waals surface area contributed by atoms with E-state index in [1.54, 1.807) is 18.6 Å².